The molecule has 1 nitrogen and oxygen atoms in total. The van der Waals surface area contributed by atoms with Crippen LogP contribution in [0.5, 0.6) is 0 Å². The molecule has 4 heteroatoms. The molecule has 0 spiro atoms. The van der Waals surface area contributed by atoms with Gasteiger partial charge in [0.1, 0.15) is 0 Å². The van der Waals surface area contributed by atoms with E-state index in [2.05, 4.69) is 0 Å². The molecule has 0 amide bonds. The van der Waals surface area contributed by atoms with E-state index in [0.29, 0.717) is 21.0 Å². The summed E-state index contributed by atoms with van der Waals surface area (Å²) in [5.74, 6) is 0. The van der Waals surface area contributed by atoms with Gasteiger partial charge in [-0.1, -0.05) is 0 Å². The molecule has 0 N–H and O–H groups in total. The first-order valence-electron chi connectivity index (χ1n) is 0.183. The Morgan fingerprint density at radius 3 is 1.50 bits per heavy atom. The Kier molecular flexibility index (Phi) is 98.5. The van der Waals surface area contributed by atoms with Crippen LogP contribution in [0.3, 0.4) is 0 Å². The van der Waals surface area contributed by atoms with Crippen molar-refractivity contribution >= 4 is 0 Å². The van der Waals surface area contributed by atoms with Crippen molar-refractivity contribution in [3.8, 4) is 0 Å². The average Bonchev–Trinajstić information content (AvgIpc) is 1.00. The molecule has 0 aromatic carbocycles. The normalized spacial score (nSPS) is 0.750. The van der Waals surface area contributed by atoms with Crippen LogP contribution in [0.15, 0.2) is 0 Å². The minimum absolute atomic E-state index is 0. The third kappa shape index (κ3) is 9.40. The van der Waals surface area contributed by atoms with Crippen LogP contribution in [0.4, 0.5) is 0 Å². The number of rotatable bonds is 0. The van der Waals surface area contributed by atoms with Crippen LogP contribution in [-0.4, -0.2) is 0 Å². The van der Waals surface area contributed by atoms with E-state index in [-0.39, 0.29) is 37.4 Å². The van der Waals surface area contributed by atoms with Gasteiger partial charge in [0.25, 0.3) is 0 Å². The second-order valence-corrected chi connectivity index (χ2v) is 0. The standard InChI is InChI=1S/Li.Mn.Nb.O.H/q+1;;;;-1. The fraction of sp³-hybridized carbons (Fsp3) is 0. The van der Waals surface area contributed by atoms with E-state index in [4.69, 9.17) is 3.25 Å². The van der Waals surface area contributed by atoms with Crippen LogP contribution in [0.1, 0.15) is 1.43 Å². The molecular formula is HLiMnNbO. The molecule has 0 heterocycles. The third-order valence-electron chi connectivity index (χ3n) is 0. The van der Waals surface area contributed by atoms with E-state index in [1.54, 1.807) is 0 Å². The molecule has 0 saturated heterocycles. The van der Waals surface area contributed by atoms with Gasteiger partial charge >= 0.3 is 43.2 Å². The zero-order valence-electron chi connectivity index (χ0n) is 3.23. The summed E-state index contributed by atoms with van der Waals surface area (Å²) in [6.07, 6.45) is 0. The Morgan fingerprint density at radius 1 is 1.50 bits per heavy atom. The fourth-order valence-electron chi connectivity index (χ4n) is 0. The van der Waals surface area contributed by atoms with Crippen molar-refractivity contribution in [2.24, 2.45) is 0 Å². The van der Waals surface area contributed by atoms with Crippen molar-refractivity contribution in [3.05, 3.63) is 0 Å². The van der Waals surface area contributed by atoms with E-state index in [9.17, 15) is 0 Å². The molecule has 20 valence electrons. The fourth-order valence-corrected chi connectivity index (χ4v) is 0. The van der Waals surface area contributed by atoms with Crippen molar-refractivity contribution in [2.45, 2.75) is 0 Å². The second kappa shape index (κ2) is 22.7. The van der Waals surface area contributed by atoms with E-state index >= 15 is 0 Å². The summed E-state index contributed by atoms with van der Waals surface area (Å²) in [6.45, 7) is 0. The maximum absolute atomic E-state index is 8.30. The number of hydrogen-bond donors (Lipinski definition) is 0. The van der Waals surface area contributed by atoms with Crippen LogP contribution in [-0.2, 0) is 41.4 Å². The van der Waals surface area contributed by atoms with Crippen molar-refractivity contribution in [2.75, 3.05) is 0 Å². The Labute approximate surface area is 61.3 Å². The van der Waals surface area contributed by atoms with Gasteiger partial charge < -0.3 is 1.43 Å². The number of hydrogen-bond acceptors (Lipinski definition) is 1. The predicted octanol–water partition coefficient (Wildman–Crippen LogP) is -3.01. The van der Waals surface area contributed by atoms with E-state index < -0.39 is 0 Å². The Morgan fingerprint density at radius 2 is 1.50 bits per heavy atom. The third-order valence-corrected chi connectivity index (χ3v) is 0. The van der Waals surface area contributed by atoms with Crippen LogP contribution >= 0.6 is 0 Å². The molecule has 0 aliphatic rings. The van der Waals surface area contributed by atoms with Gasteiger partial charge in [-0.15, -0.1) is 0 Å². The minimum atomic E-state index is 0. The van der Waals surface area contributed by atoms with Gasteiger partial charge in [-0.25, -0.2) is 0 Å². The summed E-state index contributed by atoms with van der Waals surface area (Å²) in [7, 11) is 0. The summed E-state index contributed by atoms with van der Waals surface area (Å²) in [4.78, 5) is 0. The molecule has 0 unspecified atom stereocenters. The summed E-state index contributed by atoms with van der Waals surface area (Å²) < 4.78 is 8.30. The molecular weight excluding hydrogens is 171 g/mol. The molecule has 0 aliphatic carbocycles. The first kappa shape index (κ1) is 17.4. The SMILES string of the molecule is [H-].[Li+].[Mn].[O]=[Nb]. The Hall–Kier alpha value is 1.66. The van der Waals surface area contributed by atoms with Gasteiger partial charge in [0.05, 0.1) is 0 Å². The van der Waals surface area contributed by atoms with Crippen LogP contribution in [0.25, 0.3) is 0 Å². The van der Waals surface area contributed by atoms with Crippen molar-refractivity contribution in [1.29, 1.82) is 0 Å². The molecule has 0 bridgehead atoms. The Balaban J connectivity index is -0.00000000167. The molecule has 0 aromatic heterocycles. The second-order valence-electron chi connectivity index (χ2n) is 0. The average molecular weight is 172 g/mol. The van der Waals surface area contributed by atoms with E-state index in [1.807, 2.05) is 0 Å². The van der Waals surface area contributed by atoms with Gasteiger partial charge in [0, 0.05) is 17.1 Å². The molecule has 0 aliphatic heterocycles. The van der Waals surface area contributed by atoms with Crippen LogP contribution in [0, 0.1) is 0 Å². The Bertz CT molecular complexity index is 11.6. The molecule has 1 radical (unpaired) electrons. The molecule has 0 fully saturated rings. The van der Waals surface area contributed by atoms with Crippen molar-refractivity contribution in [1.82, 2.24) is 0 Å². The summed E-state index contributed by atoms with van der Waals surface area (Å²) in [5.41, 5.74) is 0. The monoisotopic (exact) mass is 172 g/mol. The summed E-state index contributed by atoms with van der Waals surface area (Å²) in [6, 6.07) is 0. The van der Waals surface area contributed by atoms with Gasteiger partial charge in [-0.3, -0.25) is 0 Å². The van der Waals surface area contributed by atoms with E-state index in [1.165, 1.54) is 0 Å². The topological polar surface area (TPSA) is 17.1 Å². The summed E-state index contributed by atoms with van der Waals surface area (Å²) >= 11 is 0.500. The van der Waals surface area contributed by atoms with Gasteiger partial charge in [-0.05, 0) is 0 Å². The maximum atomic E-state index is 8.30. The first-order valence-corrected chi connectivity index (χ1v) is 1.08. The van der Waals surface area contributed by atoms with Crippen molar-refractivity contribution in [3.63, 3.8) is 0 Å². The van der Waals surface area contributed by atoms with Gasteiger partial charge in [0.15, 0.2) is 0 Å². The molecule has 0 aromatic rings. The molecule has 0 rings (SSSR count). The molecule has 0 saturated carbocycles. The van der Waals surface area contributed by atoms with Gasteiger partial charge in [0.2, 0.25) is 0 Å². The molecule has 4 heavy (non-hydrogen) atoms. The van der Waals surface area contributed by atoms with Crippen LogP contribution in [0.2, 0.25) is 0 Å². The van der Waals surface area contributed by atoms with Crippen LogP contribution < -0.4 is 18.9 Å². The van der Waals surface area contributed by atoms with E-state index in [0.717, 1.165) is 0 Å². The van der Waals surface area contributed by atoms with Crippen molar-refractivity contribution < 1.29 is 61.6 Å². The zero-order chi connectivity index (χ0) is 2.00. The predicted molar refractivity (Wildman–Crippen MR) is 1.80 cm³/mol. The first-order chi connectivity index (χ1) is 1.00. The summed E-state index contributed by atoms with van der Waals surface area (Å²) in [5, 5.41) is 0. The molecule has 0 atom stereocenters. The quantitative estimate of drug-likeness (QED) is 0.355. The zero-order valence-corrected chi connectivity index (χ0v) is 5.61. The van der Waals surface area contributed by atoms with Gasteiger partial charge in [-0.2, -0.15) is 0 Å².